The number of carbonyl (C=O) groups is 3. The number of carbonyl (C=O) groups excluding carboxylic acids is 3. The molecule has 5 N–H and O–H groups in total. The third-order valence-electron chi connectivity index (χ3n) is 8.05. The van der Waals surface area contributed by atoms with Gasteiger partial charge in [-0.05, 0) is 69.7 Å². The summed E-state index contributed by atoms with van der Waals surface area (Å²) in [6.45, 7) is 9.93. The van der Waals surface area contributed by atoms with E-state index in [0.29, 0.717) is 19.4 Å². The number of para-hydroxylation sites is 1. The lowest BCUT2D eigenvalue weighted by Gasteiger charge is -2.40. The van der Waals surface area contributed by atoms with Crippen molar-refractivity contribution in [3.8, 4) is 0 Å². The van der Waals surface area contributed by atoms with Crippen LogP contribution in [0.15, 0.2) is 24.3 Å². The maximum absolute atomic E-state index is 13.5. The van der Waals surface area contributed by atoms with Crippen LogP contribution in [0.1, 0.15) is 65.4 Å². The fourth-order valence-electron chi connectivity index (χ4n) is 5.67. The lowest BCUT2D eigenvalue weighted by Crippen LogP contribution is -2.58. The average molecular weight is 619 g/mol. The molecule has 10 nitrogen and oxygen atoms in total. The molecule has 0 radical (unpaired) electrons. The minimum Gasteiger partial charge on any atom is -0.453 e. The Morgan fingerprint density at radius 3 is 2.37 bits per heavy atom. The van der Waals surface area contributed by atoms with E-state index in [1.54, 1.807) is 4.90 Å². The Hall–Kier alpha value is -2.11. The second-order valence-corrected chi connectivity index (χ2v) is 12.3. The van der Waals surface area contributed by atoms with Gasteiger partial charge in [-0.25, -0.2) is 4.79 Å². The van der Waals surface area contributed by atoms with Gasteiger partial charge in [0.25, 0.3) is 0 Å². The molecule has 2 aliphatic rings. The van der Waals surface area contributed by atoms with E-state index >= 15 is 0 Å². The molecule has 234 valence electrons. The predicted octanol–water partition coefficient (Wildman–Crippen LogP) is 3.02. The Morgan fingerprint density at radius 2 is 1.73 bits per heavy atom. The number of amides is 3. The van der Waals surface area contributed by atoms with Gasteiger partial charge in [0.05, 0.1) is 24.8 Å². The van der Waals surface area contributed by atoms with E-state index in [0.717, 1.165) is 37.2 Å². The van der Waals surface area contributed by atoms with Crippen molar-refractivity contribution in [1.82, 2.24) is 15.5 Å². The van der Waals surface area contributed by atoms with Crippen LogP contribution >= 0.6 is 24.8 Å². The average Bonchev–Trinajstić information content (AvgIpc) is 2.90. The summed E-state index contributed by atoms with van der Waals surface area (Å²) in [6.07, 6.45) is 3.10. The van der Waals surface area contributed by atoms with Crippen LogP contribution in [-0.2, 0) is 20.7 Å². The number of hydrogen-bond donors (Lipinski definition) is 4. The standard InChI is InChI=1S/C29H47N5O5.2ClH/c1-28(2,16-22(30)24(35)18-31-26(37)29(3,4)33-13-9-6-10-14-33)17-25(36)34-19-21(32-27(38)39-5)15-20-11-7-8-12-23(20)34;;/h7-8,11-12,21-22,24,35H,6,9-10,13-19,30H2,1-5H3,(H,31,37)(H,32,38);2*1H/t21?,22-,24-;;/m0../s1. The number of aliphatic hydroxyl groups is 1. The first-order chi connectivity index (χ1) is 18.3. The molecule has 0 spiro atoms. The largest absolute Gasteiger partial charge is 0.453 e. The molecule has 0 saturated carbocycles. The summed E-state index contributed by atoms with van der Waals surface area (Å²) in [7, 11) is 1.32. The number of halogens is 2. The third kappa shape index (κ3) is 9.99. The van der Waals surface area contributed by atoms with Gasteiger partial charge in [0.15, 0.2) is 0 Å². The van der Waals surface area contributed by atoms with E-state index in [1.807, 2.05) is 52.0 Å². The predicted molar refractivity (Wildman–Crippen MR) is 166 cm³/mol. The molecular formula is C29H49Cl2N5O5. The topological polar surface area (TPSA) is 137 Å². The molecule has 41 heavy (non-hydrogen) atoms. The summed E-state index contributed by atoms with van der Waals surface area (Å²) < 4.78 is 4.75. The zero-order valence-electron chi connectivity index (χ0n) is 25.0. The minimum atomic E-state index is -0.940. The highest BCUT2D eigenvalue weighted by Gasteiger charge is 2.37. The number of ether oxygens (including phenoxy) is 1. The summed E-state index contributed by atoms with van der Waals surface area (Å²) in [6, 6.07) is 6.80. The molecule has 1 aromatic carbocycles. The Kier molecular flexibility index (Phi) is 14.3. The molecule has 3 amide bonds. The van der Waals surface area contributed by atoms with Crippen LogP contribution in [0.25, 0.3) is 0 Å². The number of benzene rings is 1. The van der Waals surface area contributed by atoms with E-state index in [4.69, 9.17) is 10.5 Å². The number of nitrogens with one attached hydrogen (secondary N) is 2. The second-order valence-electron chi connectivity index (χ2n) is 12.3. The third-order valence-corrected chi connectivity index (χ3v) is 8.05. The molecule has 2 aliphatic heterocycles. The molecule has 1 saturated heterocycles. The highest BCUT2D eigenvalue weighted by Crippen LogP contribution is 2.33. The van der Waals surface area contributed by atoms with E-state index in [-0.39, 0.29) is 55.6 Å². The Balaban J connectivity index is 0.00000420. The van der Waals surface area contributed by atoms with E-state index in [2.05, 4.69) is 15.5 Å². The molecule has 1 unspecified atom stereocenters. The second kappa shape index (κ2) is 15.9. The number of rotatable bonds is 10. The van der Waals surface area contributed by atoms with Crippen molar-refractivity contribution < 1.29 is 24.2 Å². The number of likely N-dealkylation sites (tertiary alicyclic amines) is 1. The highest BCUT2D eigenvalue weighted by atomic mass is 35.5. The number of alkyl carbamates (subject to hydrolysis) is 1. The molecule has 1 aromatic rings. The van der Waals surface area contributed by atoms with Gasteiger partial charge in [0.1, 0.15) is 0 Å². The lowest BCUT2D eigenvalue weighted by molar-refractivity contribution is -0.132. The number of nitrogens with two attached hydrogens (primary N) is 1. The van der Waals surface area contributed by atoms with Gasteiger partial charge in [-0.3, -0.25) is 14.5 Å². The van der Waals surface area contributed by atoms with Crippen molar-refractivity contribution in [2.24, 2.45) is 11.1 Å². The zero-order valence-corrected chi connectivity index (χ0v) is 26.6. The highest BCUT2D eigenvalue weighted by molar-refractivity contribution is 5.95. The molecule has 0 aliphatic carbocycles. The fourth-order valence-corrected chi connectivity index (χ4v) is 5.67. The summed E-state index contributed by atoms with van der Waals surface area (Å²) in [5.41, 5.74) is 7.02. The first-order valence-corrected chi connectivity index (χ1v) is 14.0. The van der Waals surface area contributed by atoms with Crippen molar-refractivity contribution in [3.63, 3.8) is 0 Å². The van der Waals surface area contributed by atoms with E-state index in [1.165, 1.54) is 13.5 Å². The molecule has 12 heteroatoms. The van der Waals surface area contributed by atoms with Gasteiger partial charge in [0, 0.05) is 31.2 Å². The molecular weight excluding hydrogens is 569 g/mol. The van der Waals surface area contributed by atoms with Gasteiger partial charge >= 0.3 is 6.09 Å². The van der Waals surface area contributed by atoms with Crippen LogP contribution in [0.4, 0.5) is 10.5 Å². The number of hydrogen-bond acceptors (Lipinski definition) is 7. The van der Waals surface area contributed by atoms with Crippen LogP contribution < -0.4 is 21.3 Å². The number of anilines is 1. The van der Waals surface area contributed by atoms with Crippen LogP contribution in [0.5, 0.6) is 0 Å². The van der Waals surface area contributed by atoms with Crippen molar-refractivity contribution in [3.05, 3.63) is 29.8 Å². The van der Waals surface area contributed by atoms with E-state index < -0.39 is 29.2 Å². The normalized spacial score (nSPS) is 19.0. The number of aliphatic hydroxyl groups excluding tert-OH is 1. The zero-order chi connectivity index (χ0) is 28.8. The SMILES string of the molecule is COC(=O)NC1Cc2ccccc2N(C(=O)CC(C)(C)C[C@H](N)[C@@H](O)CNC(=O)C(C)(C)N2CCCCC2)C1.Cl.Cl. The molecule has 0 aromatic heterocycles. The Bertz CT molecular complexity index is 1020. The lowest BCUT2D eigenvalue weighted by atomic mass is 9.80. The minimum absolute atomic E-state index is 0. The van der Waals surface area contributed by atoms with Gasteiger partial charge in [-0.2, -0.15) is 0 Å². The van der Waals surface area contributed by atoms with Gasteiger partial charge < -0.3 is 31.1 Å². The van der Waals surface area contributed by atoms with E-state index in [9.17, 15) is 19.5 Å². The van der Waals surface area contributed by atoms with Crippen molar-refractivity contribution >= 4 is 48.4 Å². The van der Waals surface area contributed by atoms with Crippen LogP contribution in [0.3, 0.4) is 0 Å². The number of fused-ring (bicyclic) bond motifs is 1. The van der Waals surface area contributed by atoms with Crippen LogP contribution in [-0.4, -0.2) is 84.9 Å². The smallest absolute Gasteiger partial charge is 0.407 e. The van der Waals surface area contributed by atoms with Gasteiger partial charge in [-0.15, -0.1) is 24.8 Å². The Morgan fingerprint density at radius 1 is 1.10 bits per heavy atom. The summed E-state index contributed by atoms with van der Waals surface area (Å²) in [4.78, 5) is 42.2. The number of methoxy groups -OCH3 is 1. The van der Waals surface area contributed by atoms with Crippen LogP contribution in [0, 0.1) is 5.41 Å². The summed E-state index contributed by atoms with van der Waals surface area (Å²) in [5.74, 6) is -0.203. The maximum atomic E-state index is 13.5. The molecule has 2 heterocycles. The molecule has 0 bridgehead atoms. The van der Waals surface area contributed by atoms with Crippen molar-refractivity contribution in [1.29, 1.82) is 0 Å². The quantitative estimate of drug-likeness (QED) is 0.317. The summed E-state index contributed by atoms with van der Waals surface area (Å²) >= 11 is 0. The molecule has 1 fully saturated rings. The maximum Gasteiger partial charge on any atom is 0.407 e. The van der Waals surface area contributed by atoms with Crippen molar-refractivity contribution in [2.45, 2.75) is 89.9 Å². The number of nitrogens with zero attached hydrogens (tertiary/aromatic N) is 2. The van der Waals surface area contributed by atoms with Crippen LogP contribution in [0.2, 0.25) is 0 Å². The fraction of sp³-hybridized carbons (Fsp3) is 0.690. The molecule has 3 rings (SSSR count). The number of piperidine rings is 1. The van der Waals surface area contributed by atoms with Gasteiger partial charge in [0.2, 0.25) is 11.8 Å². The summed E-state index contributed by atoms with van der Waals surface area (Å²) in [5, 5.41) is 16.5. The molecule has 3 atom stereocenters. The first kappa shape index (κ1) is 36.9. The monoisotopic (exact) mass is 617 g/mol. The first-order valence-electron chi connectivity index (χ1n) is 14.0. The van der Waals surface area contributed by atoms with Gasteiger partial charge in [-0.1, -0.05) is 38.5 Å². The Labute approximate surface area is 256 Å². The van der Waals surface area contributed by atoms with Crippen molar-refractivity contribution in [2.75, 3.05) is 38.2 Å².